The van der Waals surface area contributed by atoms with Gasteiger partial charge in [0.15, 0.2) is 0 Å². The Balaban J connectivity index is 2.10. The highest BCUT2D eigenvalue weighted by atomic mass is 79.9. The SMILES string of the molecule is CC(C)CNCc1ccc(Br)cc1N(C)C1CCOC1. The Morgan fingerprint density at radius 1 is 1.45 bits per heavy atom. The molecule has 0 amide bonds. The molecule has 1 aromatic carbocycles. The van der Waals surface area contributed by atoms with E-state index in [4.69, 9.17) is 4.74 Å². The smallest absolute Gasteiger partial charge is 0.0670 e. The van der Waals surface area contributed by atoms with E-state index in [9.17, 15) is 0 Å². The molecule has 1 aliphatic heterocycles. The van der Waals surface area contributed by atoms with Gasteiger partial charge in [-0.25, -0.2) is 0 Å². The number of ether oxygens (including phenoxy) is 1. The standard InChI is InChI=1S/C16H25BrN2O/c1-12(2)9-18-10-13-4-5-14(17)8-16(13)19(3)15-6-7-20-11-15/h4-5,8,12,15,18H,6-7,9-11H2,1-3H3. The van der Waals surface area contributed by atoms with Crippen molar-refractivity contribution >= 4 is 21.6 Å². The van der Waals surface area contributed by atoms with Crippen molar-refractivity contribution in [3.05, 3.63) is 28.2 Å². The van der Waals surface area contributed by atoms with Gasteiger partial charge in [0.25, 0.3) is 0 Å². The number of hydrogen-bond acceptors (Lipinski definition) is 3. The van der Waals surface area contributed by atoms with Gasteiger partial charge in [0.2, 0.25) is 0 Å². The number of halogens is 1. The third-order valence-corrected chi connectivity index (χ3v) is 4.24. The lowest BCUT2D eigenvalue weighted by molar-refractivity contribution is 0.193. The largest absolute Gasteiger partial charge is 0.379 e. The van der Waals surface area contributed by atoms with Crippen LogP contribution in [0.3, 0.4) is 0 Å². The summed E-state index contributed by atoms with van der Waals surface area (Å²) in [5.74, 6) is 0.676. The Bertz CT molecular complexity index is 430. The van der Waals surface area contributed by atoms with Crippen LogP contribution >= 0.6 is 15.9 Å². The van der Waals surface area contributed by atoms with Gasteiger partial charge in [-0.2, -0.15) is 0 Å². The monoisotopic (exact) mass is 340 g/mol. The highest BCUT2D eigenvalue weighted by Gasteiger charge is 2.22. The van der Waals surface area contributed by atoms with E-state index >= 15 is 0 Å². The zero-order chi connectivity index (χ0) is 14.5. The van der Waals surface area contributed by atoms with Gasteiger partial charge < -0.3 is 15.0 Å². The second-order valence-electron chi connectivity index (χ2n) is 5.93. The summed E-state index contributed by atoms with van der Waals surface area (Å²) in [5, 5.41) is 3.53. The molecule has 1 aliphatic rings. The molecule has 0 aliphatic carbocycles. The van der Waals surface area contributed by atoms with Crippen LogP contribution in [0.15, 0.2) is 22.7 Å². The molecule has 1 atom stereocenters. The molecule has 0 aromatic heterocycles. The minimum absolute atomic E-state index is 0.494. The summed E-state index contributed by atoms with van der Waals surface area (Å²) >= 11 is 3.59. The molecule has 4 heteroatoms. The normalized spacial score (nSPS) is 18.8. The number of likely N-dealkylation sites (N-methyl/N-ethyl adjacent to an activating group) is 1. The van der Waals surface area contributed by atoms with E-state index in [1.54, 1.807) is 0 Å². The number of rotatable bonds is 6. The summed E-state index contributed by atoms with van der Waals surface area (Å²) in [6.07, 6.45) is 1.11. The Morgan fingerprint density at radius 2 is 2.25 bits per heavy atom. The number of nitrogens with one attached hydrogen (secondary N) is 1. The van der Waals surface area contributed by atoms with Crippen LogP contribution in [0.25, 0.3) is 0 Å². The molecular formula is C16H25BrN2O. The molecule has 2 rings (SSSR count). The quantitative estimate of drug-likeness (QED) is 0.858. The second-order valence-corrected chi connectivity index (χ2v) is 6.84. The van der Waals surface area contributed by atoms with E-state index in [1.807, 2.05) is 0 Å². The predicted octanol–water partition coefficient (Wildman–Crippen LogP) is 3.42. The number of anilines is 1. The molecule has 0 bridgehead atoms. The molecule has 1 saturated heterocycles. The van der Waals surface area contributed by atoms with Crippen LogP contribution in [0.2, 0.25) is 0 Å². The summed E-state index contributed by atoms with van der Waals surface area (Å²) < 4.78 is 6.64. The van der Waals surface area contributed by atoms with E-state index in [2.05, 4.69) is 65.2 Å². The van der Waals surface area contributed by atoms with Gasteiger partial charge in [-0.15, -0.1) is 0 Å². The fourth-order valence-corrected chi connectivity index (χ4v) is 2.88. The minimum Gasteiger partial charge on any atom is -0.379 e. The van der Waals surface area contributed by atoms with Crippen LogP contribution in [0, 0.1) is 5.92 Å². The lowest BCUT2D eigenvalue weighted by atomic mass is 10.1. The Morgan fingerprint density at radius 3 is 2.90 bits per heavy atom. The summed E-state index contributed by atoms with van der Waals surface area (Å²) in [6, 6.07) is 7.03. The van der Waals surface area contributed by atoms with Crippen LogP contribution in [-0.2, 0) is 11.3 Å². The Labute approximate surface area is 130 Å². The Kier molecular flexibility index (Phi) is 5.87. The van der Waals surface area contributed by atoms with Crippen LogP contribution in [0.5, 0.6) is 0 Å². The van der Waals surface area contributed by atoms with Crippen molar-refractivity contribution in [2.45, 2.75) is 32.9 Å². The molecule has 1 heterocycles. The first-order valence-electron chi connectivity index (χ1n) is 7.37. The summed E-state index contributed by atoms with van der Waals surface area (Å²) in [6.45, 7) is 8.14. The van der Waals surface area contributed by atoms with Gasteiger partial charge in [-0.1, -0.05) is 35.8 Å². The van der Waals surface area contributed by atoms with E-state index in [-0.39, 0.29) is 0 Å². The summed E-state index contributed by atoms with van der Waals surface area (Å²) in [7, 11) is 2.17. The molecule has 1 aromatic rings. The molecule has 1 unspecified atom stereocenters. The van der Waals surface area contributed by atoms with Gasteiger partial charge in [-0.05, 0) is 36.6 Å². The van der Waals surface area contributed by atoms with Gasteiger partial charge in [-0.3, -0.25) is 0 Å². The van der Waals surface area contributed by atoms with Crippen molar-refractivity contribution in [3.8, 4) is 0 Å². The first-order valence-corrected chi connectivity index (χ1v) is 8.17. The van der Waals surface area contributed by atoms with Crippen molar-refractivity contribution in [1.82, 2.24) is 5.32 Å². The maximum absolute atomic E-state index is 5.51. The van der Waals surface area contributed by atoms with E-state index in [1.165, 1.54) is 11.3 Å². The maximum Gasteiger partial charge on any atom is 0.0670 e. The fourth-order valence-electron chi connectivity index (χ4n) is 2.53. The molecule has 1 N–H and O–H groups in total. The van der Waals surface area contributed by atoms with Crippen LogP contribution in [0.1, 0.15) is 25.8 Å². The predicted molar refractivity (Wildman–Crippen MR) is 88.3 cm³/mol. The topological polar surface area (TPSA) is 24.5 Å². The molecular weight excluding hydrogens is 316 g/mol. The number of nitrogens with zero attached hydrogens (tertiary/aromatic N) is 1. The van der Waals surface area contributed by atoms with Gasteiger partial charge >= 0.3 is 0 Å². The first-order chi connectivity index (χ1) is 9.58. The summed E-state index contributed by atoms with van der Waals surface area (Å²) in [4.78, 5) is 2.37. The van der Waals surface area contributed by atoms with Crippen LogP contribution < -0.4 is 10.2 Å². The molecule has 3 nitrogen and oxygen atoms in total. The van der Waals surface area contributed by atoms with Crippen LogP contribution in [0.4, 0.5) is 5.69 Å². The third kappa shape index (κ3) is 4.21. The third-order valence-electron chi connectivity index (χ3n) is 3.75. The second kappa shape index (κ2) is 7.43. The van der Waals surface area contributed by atoms with Crippen molar-refractivity contribution in [1.29, 1.82) is 0 Å². The zero-order valence-corrected chi connectivity index (χ0v) is 14.2. The molecule has 112 valence electrons. The first kappa shape index (κ1) is 15.8. The molecule has 0 spiro atoms. The van der Waals surface area contributed by atoms with Crippen LogP contribution in [-0.4, -0.2) is 32.8 Å². The maximum atomic E-state index is 5.51. The summed E-state index contributed by atoms with van der Waals surface area (Å²) in [5.41, 5.74) is 2.65. The van der Waals surface area contributed by atoms with Crippen molar-refractivity contribution in [3.63, 3.8) is 0 Å². The highest BCUT2D eigenvalue weighted by Crippen LogP contribution is 2.27. The van der Waals surface area contributed by atoms with E-state index in [0.717, 1.165) is 37.2 Å². The number of hydrogen-bond donors (Lipinski definition) is 1. The molecule has 20 heavy (non-hydrogen) atoms. The van der Waals surface area contributed by atoms with Crippen molar-refractivity contribution < 1.29 is 4.74 Å². The molecule has 1 fully saturated rings. The Hall–Kier alpha value is -0.580. The molecule has 0 radical (unpaired) electrons. The van der Waals surface area contributed by atoms with Gasteiger partial charge in [0, 0.05) is 30.4 Å². The average Bonchev–Trinajstić information content (AvgIpc) is 2.93. The average molecular weight is 341 g/mol. The van der Waals surface area contributed by atoms with Crippen molar-refractivity contribution in [2.24, 2.45) is 5.92 Å². The fraction of sp³-hybridized carbons (Fsp3) is 0.625. The van der Waals surface area contributed by atoms with Gasteiger partial charge in [0.1, 0.15) is 0 Å². The van der Waals surface area contributed by atoms with E-state index in [0.29, 0.717) is 12.0 Å². The van der Waals surface area contributed by atoms with E-state index < -0.39 is 0 Å². The lowest BCUT2D eigenvalue weighted by Crippen LogP contribution is -2.33. The lowest BCUT2D eigenvalue weighted by Gasteiger charge is -2.28. The number of benzene rings is 1. The van der Waals surface area contributed by atoms with Gasteiger partial charge in [0.05, 0.1) is 12.6 Å². The molecule has 0 saturated carbocycles. The highest BCUT2D eigenvalue weighted by molar-refractivity contribution is 9.10. The van der Waals surface area contributed by atoms with Crippen molar-refractivity contribution in [2.75, 3.05) is 31.7 Å². The minimum atomic E-state index is 0.494. The zero-order valence-electron chi connectivity index (χ0n) is 12.7.